The van der Waals surface area contributed by atoms with E-state index in [1.54, 1.807) is 0 Å². The third-order valence-electron chi connectivity index (χ3n) is 11.4. The molecule has 12 heteroatoms. The zero-order valence-electron chi connectivity index (χ0n) is 32.3. The van der Waals surface area contributed by atoms with Crippen LogP contribution in [0.25, 0.3) is 44.5 Å². The number of H-pyrrole nitrogens is 2. The fourth-order valence-corrected chi connectivity index (χ4v) is 8.66. The van der Waals surface area contributed by atoms with Crippen molar-refractivity contribution >= 4 is 29.1 Å². The van der Waals surface area contributed by atoms with Gasteiger partial charge in [0.1, 0.15) is 23.3 Å². The topological polar surface area (TPSA) is 146 Å². The monoisotopic (exact) mass is 743 g/mol. The molecule has 3 amide bonds. The number of nitrogens with zero attached hydrogens (tertiary/aromatic N) is 4. The molecule has 2 aromatic heterocycles. The van der Waals surface area contributed by atoms with Crippen LogP contribution in [0.15, 0.2) is 72.9 Å². The SMILES string of the molecule is COC(=O)N[C@@H]1C(=O)N2[C@H](CC[C@H]2c2nc3cc(-c4ccc(-c5ccc(-c6c[nH]c([C@@H]7CC[C@H](C)N7C(=O)OC(C)(C)C)n6)cc5)cc4)ccc3[nH]2)CC1C. The summed E-state index contributed by atoms with van der Waals surface area (Å²) in [4.78, 5) is 59.1. The van der Waals surface area contributed by atoms with Gasteiger partial charge in [-0.05, 0) is 100 Å². The lowest BCUT2D eigenvalue weighted by Crippen LogP contribution is -2.58. The summed E-state index contributed by atoms with van der Waals surface area (Å²) in [6, 6.07) is 22.4. The number of ether oxygens (including phenoxy) is 2. The molecule has 3 aliphatic heterocycles. The molecular weight excluding hydrogens is 695 g/mol. The van der Waals surface area contributed by atoms with Gasteiger partial charge in [0.15, 0.2) is 0 Å². The van der Waals surface area contributed by atoms with Crippen molar-refractivity contribution in [3.63, 3.8) is 0 Å². The number of aromatic amines is 2. The Kier molecular flexibility index (Phi) is 9.39. The van der Waals surface area contributed by atoms with Crippen LogP contribution in [0.1, 0.15) is 90.5 Å². The highest BCUT2D eigenvalue weighted by molar-refractivity contribution is 5.88. The third kappa shape index (κ3) is 7.05. The molecule has 3 N–H and O–H groups in total. The van der Waals surface area contributed by atoms with E-state index in [1.165, 1.54) is 7.11 Å². The minimum absolute atomic E-state index is 0.0260. The van der Waals surface area contributed by atoms with Crippen molar-refractivity contribution in [1.82, 2.24) is 35.1 Å². The standard InChI is InChI=1S/C43H49N7O5/c1-24-21-31-17-20-36(50(31)40(51)37(24)48-41(52)54-6)39-45-32-18-16-30(22-33(32)46-39)28-10-8-26(9-11-28)27-12-14-29(15-13-27)34-23-44-38(47-34)35-19-7-25(2)49(35)42(53)55-43(3,4)5/h8-16,18,22-25,31,35-37H,7,17,19-21H2,1-6H3,(H,44,47)(H,45,46)(H,48,52)/t24?,25-,31+,35-,36-,37-/m0/s1. The first kappa shape index (κ1) is 36.3. The maximum absolute atomic E-state index is 13.6. The summed E-state index contributed by atoms with van der Waals surface area (Å²) in [6.45, 7) is 9.72. The Bertz CT molecular complexity index is 2220. The quantitative estimate of drug-likeness (QED) is 0.158. The molecule has 1 unspecified atom stereocenters. The summed E-state index contributed by atoms with van der Waals surface area (Å²) in [6.07, 6.45) is 5.29. The second kappa shape index (κ2) is 14.2. The first-order chi connectivity index (χ1) is 26.4. The number of rotatable bonds is 6. The van der Waals surface area contributed by atoms with Crippen molar-refractivity contribution in [1.29, 1.82) is 0 Å². The van der Waals surface area contributed by atoms with Gasteiger partial charge in [-0.15, -0.1) is 0 Å². The van der Waals surface area contributed by atoms with E-state index in [2.05, 4.69) is 82.9 Å². The Morgan fingerprint density at radius 2 is 1.45 bits per heavy atom. The Balaban J connectivity index is 0.948. The lowest BCUT2D eigenvalue weighted by Gasteiger charge is -2.41. The van der Waals surface area contributed by atoms with E-state index < -0.39 is 17.7 Å². The first-order valence-electron chi connectivity index (χ1n) is 19.3. The minimum Gasteiger partial charge on any atom is -0.453 e. The predicted octanol–water partition coefficient (Wildman–Crippen LogP) is 8.54. The van der Waals surface area contributed by atoms with Crippen molar-refractivity contribution in [2.24, 2.45) is 5.92 Å². The van der Waals surface area contributed by atoms with Crippen molar-refractivity contribution in [3.8, 4) is 33.5 Å². The molecule has 3 aliphatic rings. The van der Waals surface area contributed by atoms with E-state index >= 15 is 0 Å². The van der Waals surface area contributed by atoms with Gasteiger partial charge in [0.05, 0.1) is 35.9 Å². The summed E-state index contributed by atoms with van der Waals surface area (Å²) in [5, 5.41) is 2.75. The largest absolute Gasteiger partial charge is 0.453 e. The molecule has 3 saturated heterocycles. The van der Waals surface area contributed by atoms with Crippen molar-refractivity contribution < 1.29 is 23.9 Å². The van der Waals surface area contributed by atoms with Crippen LogP contribution in [0, 0.1) is 5.92 Å². The molecular formula is C43H49N7O5. The van der Waals surface area contributed by atoms with E-state index in [0.29, 0.717) is 0 Å². The van der Waals surface area contributed by atoms with Crippen LogP contribution in [0.4, 0.5) is 9.59 Å². The number of amides is 3. The van der Waals surface area contributed by atoms with Crippen LogP contribution in [0.2, 0.25) is 0 Å². The van der Waals surface area contributed by atoms with Gasteiger partial charge in [-0.2, -0.15) is 0 Å². The molecule has 5 aromatic rings. The lowest BCUT2D eigenvalue weighted by molar-refractivity contribution is -0.142. The van der Waals surface area contributed by atoms with Gasteiger partial charge in [0.25, 0.3) is 0 Å². The van der Waals surface area contributed by atoms with E-state index in [1.807, 2.05) is 49.8 Å². The van der Waals surface area contributed by atoms with Gasteiger partial charge in [0.2, 0.25) is 5.91 Å². The molecule has 12 nitrogen and oxygen atoms in total. The number of alkyl carbamates (subject to hydrolysis) is 1. The molecule has 0 spiro atoms. The van der Waals surface area contributed by atoms with Gasteiger partial charge in [-0.25, -0.2) is 19.6 Å². The van der Waals surface area contributed by atoms with E-state index in [9.17, 15) is 14.4 Å². The Labute approximate surface area is 321 Å². The number of carbonyl (C=O) groups is 3. The maximum atomic E-state index is 13.6. The van der Waals surface area contributed by atoms with E-state index in [0.717, 1.165) is 88.3 Å². The first-order valence-corrected chi connectivity index (χ1v) is 19.3. The van der Waals surface area contributed by atoms with Crippen LogP contribution >= 0.6 is 0 Å². The number of carbonyl (C=O) groups excluding carboxylic acids is 3. The molecule has 3 aromatic carbocycles. The third-order valence-corrected chi connectivity index (χ3v) is 11.4. The number of imidazole rings is 2. The summed E-state index contributed by atoms with van der Waals surface area (Å²) in [7, 11) is 1.31. The Hall–Kier alpha value is -5.65. The van der Waals surface area contributed by atoms with Crippen molar-refractivity contribution in [3.05, 3.63) is 84.6 Å². The number of benzene rings is 3. The average molecular weight is 744 g/mol. The molecule has 55 heavy (non-hydrogen) atoms. The van der Waals surface area contributed by atoms with Crippen LogP contribution in [-0.2, 0) is 14.3 Å². The van der Waals surface area contributed by atoms with Gasteiger partial charge in [0, 0.05) is 23.8 Å². The van der Waals surface area contributed by atoms with Gasteiger partial charge >= 0.3 is 12.2 Å². The highest BCUT2D eigenvalue weighted by atomic mass is 16.6. The highest BCUT2D eigenvalue weighted by Crippen LogP contribution is 2.43. The van der Waals surface area contributed by atoms with Crippen molar-refractivity contribution in [2.45, 2.75) is 103 Å². The Morgan fingerprint density at radius 3 is 2.13 bits per heavy atom. The normalized spacial score (nSPS) is 23.9. The molecule has 286 valence electrons. The number of hydrogen-bond donors (Lipinski definition) is 3. The number of likely N-dealkylation sites (tertiary alicyclic amines) is 1. The zero-order chi connectivity index (χ0) is 38.6. The van der Waals surface area contributed by atoms with Crippen LogP contribution in [0.3, 0.4) is 0 Å². The second-order valence-corrected chi connectivity index (χ2v) is 16.3. The van der Waals surface area contributed by atoms with Crippen molar-refractivity contribution in [2.75, 3.05) is 7.11 Å². The van der Waals surface area contributed by atoms with Crippen LogP contribution < -0.4 is 5.32 Å². The maximum Gasteiger partial charge on any atom is 0.411 e. The van der Waals surface area contributed by atoms with Gasteiger partial charge in [-0.3, -0.25) is 9.69 Å². The molecule has 6 atom stereocenters. The average Bonchev–Trinajstić information content (AvgIpc) is 3.98. The number of piperidine rings is 1. The number of methoxy groups -OCH3 is 1. The number of hydrogen-bond acceptors (Lipinski definition) is 7. The summed E-state index contributed by atoms with van der Waals surface area (Å²) >= 11 is 0. The smallest absolute Gasteiger partial charge is 0.411 e. The molecule has 8 rings (SSSR count). The molecule has 3 fully saturated rings. The highest BCUT2D eigenvalue weighted by Gasteiger charge is 2.48. The van der Waals surface area contributed by atoms with E-state index in [-0.39, 0.29) is 42.1 Å². The molecule has 5 heterocycles. The van der Waals surface area contributed by atoms with Gasteiger partial charge in [-0.1, -0.05) is 61.5 Å². The number of nitrogens with one attached hydrogen (secondary N) is 3. The summed E-state index contributed by atoms with van der Waals surface area (Å²) < 4.78 is 10.5. The van der Waals surface area contributed by atoms with E-state index in [4.69, 9.17) is 19.4 Å². The minimum atomic E-state index is -0.614. The molecule has 0 saturated carbocycles. The zero-order valence-corrected chi connectivity index (χ0v) is 32.3. The fraction of sp³-hybridized carbons (Fsp3) is 0.419. The molecule has 0 bridgehead atoms. The number of fused-ring (bicyclic) bond motifs is 2. The predicted molar refractivity (Wildman–Crippen MR) is 210 cm³/mol. The van der Waals surface area contributed by atoms with Gasteiger partial charge < -0.3 is 29.7 Å². The second-order valence-electron chi connectivity index (χ2n) is 16.3. The summed E-state index contributed by atoms with van der Waals surface area (Å²) in [5.41, 5.74) is 7.37. The van der Waals surface area contributed by atoms with Crippen LogP contribution in [-0.4, -0.2) is 78.7 Å². The fourth-order valence-electron chi connectivity index (χ4n) is 8.66. The Morgan fingerprint density at radius 1 is 0.818 bits per heavy atom. The number of aromatic nitrogens is 4. The lowest BCUT2D eigenvalue weighted by atomic mass is 9.88. The van der Waals surface area contributed by atoms with Crippen LogP contribution in [0.5, 0.6) is 0 Å². The molecule has 0 radical (unpaired) electrons. The molecule has 0 aliphatic carbocycles. The summed E-state index contributed by atoms with van der Waals surface area (Å²) in [5.74, 6) is 1.49.